The van der Waals surface area contributed by atoms with Crippen molar-refractivity contribution in [3.8, 4) is 5.75 Å². The molecule has 1 atom stereocenters. The number of rotatable bonds is 4. The second-order valence-corrected chi connectivity index (χ2v) is 3.96. The fourth-order valence-electron chi connectivity index (χ4n) is 1.20. The maximum atomic E-state index is 12.6. The molecular formula is C10H11ClFNO3. The van der Waals surface area contributed by atoms with E-state index in [0.29, 0.717) is 5.56 Å². The van der Waals surface area contributed by atoms with Crippen LogP contribution >= 0.6 is 11.6 Å². The van der Waals surface area contributed by atoms with E-state index in [-0.39, 0.29) is 17.2 Å². The van der Waals surface area contributed by atoms with Gasteiger partial charge in [0, 0.05) is 6.42 Å². The Morgan fingerprint density at radius 2 is 2.19 bits per heavy atom. The third-order valence-electron chi connectivity index (χ3n) is 2.20. The maximum absolute atomic E-state index is 12.6. The zero-order chi connectivity index (χ0) is 12.3. The standard InChI is InChI=1S/C10H11ClFNO3/c11-7-3-6(1-2-8(7)14)4-10(13,5-12)9(15)16/h1-3,14H,4-5,13H2,(H,15,16). The Morgan fingerprint density at radius 1 is 1.56 bits per heavy atom. The lowest BCUT2D eigenvalue weighted by Crippen LogP contribution is -2.52. The number of carbonyl (C=O) groups is 1. The van der Waals surface area contributed by atoms with Crippen LogP contribution in [-0.4, -0.2) is 28.4 Å². The second-order valence-electron chi connectivity index (χ2n) is 3.56. The molecule has 0 aliphatic rings. The lowest BCUT2D eigenvalue weighted by molar-refractivity contribution is -0.143. The first-order valence-electron chi connectivity index (χ1n) is 4.44. The number of halogens is 2. The number of alkyl halides is 1. The van der Waals surface area contributed by atoms with Crippen molar-refractivity contribution in [3.05, 3.63) is 28.8 Å². The molecule has 0 radical (unpaired) electrons. The van der Waals surface area contributed by atoms with Gasteiger partial charge in [0.15, 0.2) is 0 Å². The number of phenolic OH excluding ortho intramolecular Hbond substituents is 1. The van der Waals surface area contributed by atoms with Gasteiger partial charge in [0.05, 0.1) is 5.02 Å². The molecule has 0 bridgehead atoms. The van der Waals surface area contributed by atoms with E-state index in [4.69, 9.17) is 27.5 Å². The highest BCUT2D eigenvalue weighted by Gasteiger charge is 2.34. The number of carboxylic acids is 1. The number of nitrogens with two attached hydrogens (primary N) is 1. The molecule has 0 heterocycles. The van der Waals surface area contributed by atoms with Crippen LogP contribution in [0.1, 0.15) is 5.56 Å². The van der Waals surface area contributed by atoms with Crippen molar-refractivity contribution in [1.29, 1.82) is 0 Å². The van der Waals surface area contributed by atoms with E-state index in [1.807, 2.05) is 0 Å². The molecular weight excluding hydrogens is 237 g/mol. The molecule has 1 aromatic rings. The van der Waals surface area contributed by atoms with E-state index in [2.05, 4.69) is 0 Å². The van der Waals surface area contributed by atoms with Crippen molar-refractivity contribution in [1.82, 2.24) is 0 Å². The molecule has 0 saturated heterocycles. The number of hydrogen-bond donors (Lipinski definition) is 3. The first-order chi connectivity index (χ1) is 7.39. The van der Waals surface area contributed by atoms with Gasteiger partial charge >= 0.3 is 5.97 Å². The van der Waals surface area contributed by atoms with E-state index < -0.39 is 18.2 Å². The molecule has 1 rings (SSSR count). The van der Waals surface area contributed by atoms with Crippen LogP contribution in [0, 0.1) is 0 Å². The van der Waals surface area contributed by atoms with Gasteiger partial charge < -0.3 is 15.9 Å². The average Bonchev–Trinajstić information content (AvgIpc) is 2.23. The third kappa shape index (κ3) is 2.62. The molecule has 0 amide bonds. The normalized spacial score (nSPS) is 14.4. The summed E-state index contributed by atoms with van der Waals surface area (Å²) in [5.41, 5.74) is 3.87. The predicted molar refractivity (Wildman–Crippen MR) is 57.4 cm³/mol. The minimum atomic E-state index is -1.96. The Balaban J connectivity index is 2.95. The highest BCUT2D eigenvalue weighted by Crippen LogP contribution is 2.25. The first kappa shape index (κ1) is 12.7. The lowest BCUT2D eigenvalue weighted by Gasteiger charge is -2.20. The van der Waals surface area contributed by atoms with Gasteiger partial charge in [-0.25, -0.2) is 4.39 Å². The topological polar surface area (TPSA) is 83.5 Å². The maximum Gasteiger partial charge on any atom is 0.326 e. The van der Waals surface area contributed by atoms with Crippen LogP contribution in [0.2, 0.25) is 5.02 Å². The summed E-state index contributed by atoms with van der Waals surface area (Å²) in [7, 11) is 0. The number of phenols is 1. The number of aromatic hydroxyl groups is 1. The average molecular weight is 248 g/mol. The summed E-state index contributed by atoms with van der Waals surface area (Å²) >= 11 is 5.63. The Morgan fingerprint density at radius 3 is 2.62 bits per heavy atom. The summed E-state index contributed by atoms with van der Waals surface area (Å²) in [4.78, 5) is 10.8. The summed E-state index contributed by atoms with van der Waals surface area (Å²) < 4.78 is 12.6. The number of hydrogen-bond acceptors (Lipinski definition) is 3. The molecule has 0 aromatic heterocycles. The molecule has 4 nitrogen and oxygen atoms in total. The number of benzene rings is 1. The van der Waals surface area contributed by atoms with Gasteiger partial charge in [0.1, 0.15) is 18.0 Å². The van der Waals surface area contributed by atoms with Gasteiger partial charge in [-0.1, -0.05) is 17.7 Å². The lowest BCUT2D eigenvalue weighted by atomic mass is 9.93. The van der Waals surface area contributed by atoms with Crippen molar-refractivity contribution in [2.24, 2.45) is 5.73 Å². The summed E-state index contributed by atoms with van der Waals surface area (Å²) in [6, 6.07) is 4.11. The van der Waals surface area contributed by atoms with Crippen LogP contribution in [0.3, 0.4) is 0 Å². The Labute approximate surface area is 96.4 Å². The van der Waals surface area contributed by atoms with E-state index in [1.165, 1.54) is 18.2 Å². The summed E-state index contributed by atoms with van der Waals surface area (Å²) in [5.74, 6) is -1.54. The minimum absolute atomic E-state index is 0.0732. The van der Waals surface area contributed by atoms with Gasteiger partial charge in [-0.3, -0.25) is 4.79 Å². The largest absolute Gasteiger partial charge is 0.506 e. The van der Waals surface area contributed by atoms with Gasteiger partial charge in [-0.05, 0) is 17.7 Å². The number of carboxylic acid groups (broad SMARTS) is 1. The first-order valence-corrected chi connectivity index (χ1v) is 4.82. The van der Waals surface area contributed by atoms with E-state index in [9.17, 15) is 9.18 Å². The van der Waals surface area contributed by atoms with Crippen molar-refractivity contribution in [2.75, 3.05) is 6.67 Å². The number of aliphatic carboxylic acids is 1. The van der Waals surface area contributed by atoms with Crippen LogP contribution in [0.15, 0.2) is 18.2 Å². The molecule has 16 heavy (non-hydrogen) atoms. The smallest absolute Gasteiger partial charge is 0.326 e. The quantitative estimate of drug-likeness (QED) is 0.750. The summed E-state index contributed by atoms with van der Waals surface area (Å²) in [5, 5.41) is 18.0. The SMILES string of the molecule is NC(CF)(Cc1ccc(O)c(Cl)c1)C(=O)O. The molecule has 6 heteroatoms. The van der Waals surface area contributed by atoms with E-state index in [0.717, 1.165) is 0 Å². The molecule has 0 aliphatic heterocycles. The Bertz CT molecular complexity index is 413. The van der Waals surface area contributed by atoms with Crippen LogP contribution in [0.4, 0.5) is 4.39 Å². The second kappa shape index (κ2) is 4.67. The molecule has 0 spiro atoms. The third-order valence-corrected chi connectivity index (χ3v) is 2.50. The highest BCUT2D eigenvalue weighted by molar-refractivity contribution is 6.32. The minimum Gasteiger partial charge on any atom is -0.506 e. The van der Waals surface area contributed by atoms with Crippen LogP contribution < -0.4 is 5.73 Å². The van der Waals surface area contributed by atoms with Crippen LogP contribution in [0.5, 0.6) is 5.75 Å². The predicted octanol–water partition coefficient (Wildman–Crippen LogP) is 1.34. The fourth-order valence-corrected chi connectivity index (χ4v) is 1.41. The Hall–Kier alpha value is -1.33. The summed E-state index contributed by atoms with van der Waals surface area (Å²) in [6.07, 6.45) is -0.196. The van der Waals surface area contributed by atoms with Gasteiger partial charge in [-0.15, -0.1) is 0 Å². The molecule has 4 N–H and O–H groups in total. The van der Waals surface area contributed by atoms with Crippen LogP contribution in [-0.2, 0) is 11.2 Å². The van der Waals surface area contributed by atoms with Crippen molar-refractivity contribution in [3.63, 3.8) is 0 Å². The van der Waals surface area contributed by atoms with Gasteiger partial charge in [0.2, 0.25) is 0 Å². The zero-order valence-corrected chi connectivity index (χ0v) is 9.04. The molecule has 0 aliphatic carbocycles. The zero-order valence-electron chi connectivity index (χ0n) is 8.28. The molecule has 0 saturated carbocycles. The van der Waals surface area contributed by atoms with Crippen molar-refractivity contribution in [2.45, 2.75) is 12.0 Å². The fraction of sp³-hybridized carbons (Fsp3) is 0.300. The van der Waals surface area contributed by atoms with E-state index >= 15 is 0 Å². The van der Waals surface area contributed by atoms with Gasteiger partial charge in [-0.2, -0.15) is 0 Å². The van der Waals surface area contributed by atoms with Gasteiger partial charge in [0.25, 0.3) is 0 Å². The summed E-state index contributed by atoms with van der Waals surface area (Å²) in [6.45, 7) is -1.18. The molecule has 0 fully saturated rings. The molecule has 1 unspecified atom stereocenters. The van der Waals surface area contributed by atoms with Crippen molar-refractivity contribution < 1.29 is 19.4 Å². The Kier molecular flexibility index (Phi) is 3.72. The highest BCUT2D eigenvalue weighted by atomic mass is 35.5. The van der Waals surface area contributed by atoms with Crippen LogP contribution in [0.25, 0.3) is 0 Å². The van der Waals surface area contributed by atoms with Crippen molar-refractivity contribution >= 4 is 17.6 Å². The molecule has 1 aromatic carbocycles. The molecule has 88 valence electrons. The van der Waals surface area contributed by atoms with E-state index in [1.54, 1.807) is 0 Å². The monoisotopic (exact) mass is 247 g/mol.